The number of aliphatic imine (C=N–C) groups is 1. The number of amides is 2. The molecule has 3 aliphatic rings. The third kappa shape index (κ3) is 4.37. The monoisotopic (exact) mass is 452 g/mol. The number of hydrogen-bond donors (Lipinski definition) is 1. The van der Waals surface area contributed by atoms with Gasteiger partial charge in [0.05, 0.1) is 11.0 Å². The van der Waals surface area contributed by atoms with Crippen LogP contribution in [0.15, 0.2) is 17.3 Å². The second-order valence-corrected chi connectivity index (χ2v) is 9.83. The number of halogens is 3. The molecule has 2 fully saturated rings. The van der Waals surface area contributed by atoms with Gasteiger partial charge >= 0.3 is 12.3 Å². The molecule has 7 nitrogen and oxygen atoms in total. The predicted molar refractivity (Wildman–Crippen MR) is 110 cm³/mol. The number of nitrogens with one attached hydrogen (secondary N) is 1. The minimum Gasteiger partial charge on any atom is -0.442 e. The van der Waals surface area contributed by atoms with Crippen LogP contribution in [0.4, 0.5) is 18.0 Å². The SMILES string of the molecule is CC(C)(C)OC(=O)/N=C1\C[C@H]2CNC[C@@]2(C(=O)N2CCc3ncc(C(F)(F)F)cc3C2)C1. The molecule has 0 radical (unpaired) electrons. The van der Waals surface area contributed by atoms with Gasteiger partial charge < -0.3 is 15.0 Å². The van der Waals surface area contributed by atoms with Gasteiger partial charge in [0.25, 0.3) is 0 Å². The Morgan fingerprint density at radius 3 is 2.75 bits per heavy atom. The number of carbonyl (C=O) groups is 2. The van der Waals surface area contributed by atoms with E-state index in [4.69, 9.17) is 4.74 Å². The van der Waals surface area contributed by atoms with Crippen molar-refractivity contribution in [2.24, 2.45) is 16.3 Å². The number of fused-ring (bicyclic) bond motifs is 2. The fourth-order valence-corrected chi connectivity index (χ4v) is 4.90. The van der Waals surface area contributed by atoms with E-state index in [1.54, 1.807) is 25.7 Å². The van der Waals surface area contributed by atoms with Crippen molar-refractivity contribution in [3.05, 3.63) is 29.1 Å². The minimum absolute atomic E-state index is 0.0165. The first kappa shape index (κ1) is 22.7. The zero-order valence-electron chi connectivity index (χ0n) is 18.4. The molecular formula is C22H27F3N4O3. The summed E-state index contributed by atoms with van der Waals surface area (Å²) in [5, 5.41) is 3.27. The normalized spacial score (nSPS) is 26.8. The van der Waals surface area contributed by atoms with E-state index in [0.29, 0.717) is 55.9 Å². The molecule has 2 aliphatic heterocycles. The highest BCUT2D eigenvalue weighted by Gasteiger charge is 2.55. The summed E-state index contributed by atoms with van der Waals surface area (Å²) in [5.41, 5.74) is -0.546. The lowest BCUT2D eigenvalue weighted by atomic mass is 9.79. The molecule has 1 aromatic heterocycles. The number of hydrogen-bond acceptors (Lipinski definition) is 5. The zero-order chi connectivity index (χ0) is 23.3. The predicted octanol–water partition coefficient (Wildman–Crippen LogP) is 3.36. The Morgan fingerprint density at radius 2 is 2.06 bits per heavy atom. The standard InChI is InChI=1S/C22H27F3N4O3/c1-20(2,3)32-19(31)28-16-7-14-9-26-12-21(14,8-16)18(30)29-5-4-17-13(11-29)6-15(10-27-17)22(23,24)25/h6,10,14,26H,4-5,7-9,11-12H2,1-3H3/b28-16+/t14-,21-/m0/s1. The molecule has 1 aliphatic carbocycles. The topological polar surface area (TPSA) is 83.9 Å². The van der Waals surface area contributed by atoms with Crippen LogP contribution in [0.5, 0.6) is 0 Å². The molecule has 10 heteroatoms. The van der Waals surface area contributed by atoms with Gasteiger partial charge in [-0.05, 0) is 51.3 Å². The lowest BCUT2D eigenvalue weighted by Crippen LogP contribution is -2.48. The van der Waals surface area contributed by atoms with E-state index in [-0.39, 0.29) is 18.4 Å². The van der Waals surface area contributed by atoms with E-state index in [1.165, 1.54) is 0 Å². The fraction of sp³-hybridized carbons (Fsp3) is 0.636. The highest BCUT2D eigenvalue weighted by molar-refractivity contribution is 6.01. The molecule has 0 unspecified atom stereocenters. The smallest absolute Gasteiger partial charge is 0.434 e. The van der Waals surface area contributed by atoms with E-state index in [1.807, 2.05) is 0 Å². The second-order valence-electron chi connectivity index (χ2n) is 9.83. The Balaban J connectivity index is 1.53. The Labute approximate surface area is 184 Å². The number of ether oxygens (including phenoxy) is 1. The molecule has 3 heterocycles. The number of carbonyl (C=O) groups excluding carboxylic acids is 2. The van der Waals surface area contributed by atoms with Gasteiger partial charge in [0.2, 0.25) is 5.91 Å². The van der Waals surface area contributed by atoms with Crippen molar-refractivity contribution in [3.63, 3.8) is 0 Å². The van der Waals surface area contributed by atoms with Gasteiger partial charge in [-0.3, -0.25) is 9.78 Å². The quantitative estimate of drug-likeness (QED) is 0.707. The minimum atomic E-state index is -4.48. The highest BCUT2D eigenvalue weighted by atomic mass is 19.4. The summed E-state index contributed by atoms with van der Waals surface area (Å²) in [6.45, 7) is 6.86. The van der Waals surface area contributed by atoms with Crippen LogP contribution in [-0.2, 0) is 28.7 Å². The van der Waals surface area contributed by atoms with Gasteiger partial charge in [0, 0.05) is 50.1 Å². The van der Waals surface area contributed by atoms with E-state index < -0.39 is 28.8 Å². The third-order valence-corrected chi connectivity index (χ3v) is 6.34. The Morgan fingerprint density at radius 1 is 1.31 bits per heavy atom. The van der Waals surface area contributed by atoms with E-state index in [0.717, 1.165) is 12.3 Å². The Hall–Kier alpha value is -2.49. The number of aromatic nitrogens is 1. The number of alkyl halides is 3. The molecule has 1 N–H and O–H groups in total. The molecule has 2 amide bonds. The third-order valence-electron chi connectivity index (χ3n) is 6.34. The summed E-state index contributed by atoms with van der Waals surface area (Å²) in [7, 11) is 0. The molecule has 0 bridgehead atoms. The van der Waals surface area contributed by atoms with Gasteiger partial charge in [-0.2, -0.15) is 18.2 Å². The summed E-state index contributed by atoms with van der Waals surface area (Å²) < 4.78 is 44.6. The van der Waals surface area contributed by atoms with Crippen molar-refractivity contribution in [1.29, 1.82) is 0 Å². The molecule has 0 spiro atoms. The van der Waals surface area contributed by atoms with Crippen LogP contribution in [-0.4, -0.2) is 52.8 Å². The number of pyridine rings is 1. The lowest BCUT2D eigenvalue weighted by molar-refractivity contribution is -0.143. The molecule has 2 atom stereocenters. The molecule has 1 aromatic rings. The van der Waals surface area contributed by atoms with Gasteiger partial charge in [-0.25, -0.2) is 4.79 Å². The summed E-state index contributed by atoms with van der Waals surface area (Å²) in [4.78, 5) is 35.5. The van der Waals surface area contributed by atoms with Crippen LogP contribution in [0.1, 0.15) is 50.4 Å². The maximum Gasteiger partial charge on any atom is 0.434 e. The van der Waals surface area contributed by atoms with Crippen molar-refractivity contribution in [3.8, 4) is 0 Å². The molecule has 4 rings (SSSR count). The number of rotatable bonds is 1. The molecule has 1 saturated carbocycles. The molecule has 32 heavy (non-hydrogen) atoms. The lowest BCUT2D eigenvalue weighted by Gasteiger charge is -2.36. The maximum atomic E-state index is 13.6. The van der Waals surface area contributed by atoms with Crippen LogP contribution in [0.25, 0.3) is 0 Å². The first-order valence-corrected chi connectivity index (χ1v) is 10.7. The fourth-order valence-electron chi connectivity index (χ4n) is 4.90. The molecule has 174 valence electrons. The highest BCUT2D eigenvalue weighted by Crippen LogP contribution is 2.46. The average Bonchev–Trinajstić information content (AvgIpc) is 3.22. The maximum absolute atomic E-state index is 13.6. The molecule has 1 saturated heterocycles. The Kier molecular flexibility index (Phi) is 5.55. The first-order chi connectivity index (χ1) is 14.9. The van der Waals surface area contributed by atoms with Gasteiger partial charge in [-0.15, -0.1) is 0 Å². The van der Waals surface area contributed by atoms with E-state index >= 15 is 0 Å². The van der Waals surface area contributed by atoms with E-state index in [2.05, 4.69) is 15.3 Å². The van der Waals surface area contributed by atoms with Crippen molar-refractivity contribution in [1.82, 2.24) is 15.2 Å². The van der Waals surface area contributed by atoms with Crippen molar-refractivity contribution >= 4 is 17.7 Å². The van der Waals surface area contributed by atoms with Crippen LogP contribution >= 0.6 is 0 Å². The van der Waals surface area contributed by atoms with E-state index in [9.17, 15) is 22.8 Å². The summed E-state index contributed by atoms with van der Waals surface area (Å²) in [5.74, 6) is -0.123. The Bertz CT molecular complexity index is 970. The summed E-state index contributed by atoms with van der Waals surface area (Å²) in [6.07, 6.45) is -3.03. The largest absolute Gasteiger partial charge is 0.442 e. The second kappa shape index (κ2) is 7.83. The van der Waals surface area contributed by atoms with Crippen LogP contribution < -0.4 is 5.32 Å². The molecular weight excluding hydrogens is 425 g/mol. The van der Waals surface area contributed by atoms with Crippen LogP contribution in [0.3, 0.4) is 0 Å². The van der Waals surface area contributed by atoms with Gasteiger partial charge in [0.1, 0.15) is 5.60 Å². The number of nitrogens with zero attached hydrogens (tertiary/aromatic N) is 3. The van der Waals surface area contributed by atoms with Crippen LogP contribution in [0, 0.1) is 11.3 Å². The summed E-state index contributed by atoms with van der Waals surface area (Å²) >= 11 is 0. The zero-order valence-corrected chi connectivity index (χ0v) is 18.4. The van der Waals surface area contributed by atoms with Crippen molar-refractivity contribution in [2.45, 2.75) is 58.4 Å². The average molecular weight is 452 g/mol. The summed E-state index contributed by atoms with van der Waals surface area (Å²) in [6, 6.07) is 1.09. The van der Waals surface area contributed by atoms with Gasteiger partial charge in [-0.1, -0.05) is 0 Å². The van der Waals surface area contributed by atoms with Crippen LogP contribution in [0.2, 0.25) is 0 Å². The van der Waals surface area contributed by atoms with Gasteiger partial charge in [0.15, 0.2) is 0 Å². The van der Waals surface area contributed by atoms with Crippen molar-refractivity contribution < 1.29 is 27.5 Å². The molecule has 0 aromatic carbocycles. The van der Waals surface area contributed by atoms with Crippen molar-refractivity contribution in [2.75, 3.05) is 19.6 Å². The first-order valence-electron chi connectivity index (χ1n) is 10.7.